The number of halogens is 2. The number of guanidine groups is 1. The van der Waals surface area contributed by atoms with Crippen LogP contribution in [0.3, 0.4) is 0 Å². The van der Waals surface area contributed by atoms with Crippen LogP contribution in [-0.2, 0) is 10.2 Å². The third kappa shape index (κ3) is 6.26. The number of carbonyl (C=O) groups excluding carboxylic acids is 1. The summed E-state index contributed by atoms with van der Waals surface area (Å²) in [5.74, 6) is 0.482. The fourth-order valence-corrected chi connectivity index (χ4v) is 2.50. The molecule has 2 rings (SSSR count). The molecule has 0 spiro atoms. The van der Waals surface area contributed by atoms with E-state index in [0.717, 1.165) is 30.9 Å². The summed E-state index contributed by atoms with van der Waals surface area (Å²) in [6, 6.07) is 6.81. The van der Waals surface area contributed by atoms with Gasteiger partial charge in [0, 0.05) is 32.0 Å². The van der Waals surface area contributed by atoms with Crippen LogP contribution in [0.2, 0.25) is 0 Å². The quantitative estimate of drug-likeness (QED) is 0.259. The van der Waals surface area contributed by atoms with Crippen molar-refractivity contribution in [3.63, 3.8) is 0 Å². The summed E-state index contributed by atoms with van der Waals surface area (Å²) in [6.45, 7) is 6.05. The first-order valence-corrected chi connectivity index (χ1v) is 8.08. The van der Waals surface area contributed by atoms with Crippen LogP contribution in [0.5, 0.6) is 0 Å². The van der Waals surface area contributed by atoms with Crippen molar-refractivity contribution in [2.24, 2.45) is 4.99 Å². The molecular formula is C17H26FIN4O. The summed E-state index contributed by atoms with van der Waals surface area (Å²) < 4.78 is 13.4. The molecule has 0 atom stereocenters. The SMILES string of the molecule is CCNC(=NCC1(c2cccc(F)c2)CC1)NCCNC(C)=O.I. The van der Waals surface area contributed by atoms with E-state index in [2.05, 4.69) is 20.9 Å². The number of hydrogen-bond donors (Lipinski definition) is 3. The van der Waals surface area contributed by atoms with Crippen molar-refractivity contribution in [3.05, 3.63) is 35.6 Å². The van der Waals surface area contributed by atoms with E-state index >= 15 is 0 Å². The van der Waals surface area contributed by atoms with Crippen molar-refractivity contribution in [1.82, 2.24) is 16.0 Å². The number of amides is 1. The molecule has 5 nitrogen and oxygen atoms in total. The third-order valence-electron chi connectivity index (χ3n) is 3.97. The zero-order valence-electron chi connectivity index (χ0n) is 14.2. The molecule has 1 amide bonds. The molecule has 0 aliphatic heterocycles. The molecule has 1 fully saturated rings. The first kappa shape index (κ1) is 20.7. The Morgan fingerprint density at radius 2 is 1.96 bits per heavy atom. The monoisotopic (exact) mass is 448 g/mol. The summed E-state index contributed by atoms with van der Waals surface area (Å²) in [5, 5.41) is 9.11. The van der Waals surface area contributed by atoms with Crippen molar-refractivity contribution < 1.29 is 9.18 Å². The molecular weight excluding hydrogens is 422 g/mol. The maximum atomic E-state index is 13.4. The van der Waals surface area contributed by atoms with Gasteiger partial charge in [0.25, 0.3) is 0 Å². The topological polar surface area (TPSA) is 65.5 Å². The van der Waals surface area contributed by atoms with Crippen LogP contribution in [0.4, 0.5) is 4.39 Å². The first-order chi connectivity index (χ1) is 11.1. The standard InChI is InChI=1S/C17H25FN4O.HI/c1-3-19-16(21-10-9-20-13(2)23)22-12-17(7-8-17)14-5-4-6-15(18)11-14;/h4-6,11H,3,7-10,12H2,1-2H3,(H,20,23)(H2,19,21,22);1H. The van der Waals surface area contributed by atoms with Crippen LogP contribution in [0.1, 0.15) is 32.3 Å². The molecule has 1 aromatic rings. The number of benzene rings is 1. The lowest BCUT2D eigenvalue weighted by Crippen LogP contribution is -2.41. The van der Waals surface area contributed by atoms with Crippen LogP contribution in [0, 0.1) is 5.82 Å². The van der Waals surface area contributed by atoms with Crippen LogP contribution in [-0.4, -0.2) is 38.0 Å². The second-order valence-corrected chi connectivity index (χ2v) is 5.90. The summed E-state index contributed by atoms with van der Waals surface area (Å²) >= 11 is 0. The molecule has 1 aliphatic rings. The van der Waals surface area contributed by atoms with Crippen LogP contribution < -0.4 is 16.0 Å². The van der Waals surface area contributed by atoms with E-state index in [-0.39, 0.29) is 41.1 Å². The average Bonchev–Trinajstić information content (AvgIpc) is 3.30. The van der Waals surface area contributed by atoms with Crippen LogP contribution >= 0.6 is 24.0 Å². The molecule has 7 heteroatoms. The Kier molecular flexibility index (Phi) is 8.44. The van der Waals surface area contributed by atoms with Gasteiger partial charge < -0.3 is 16.0 Å². The van der Waals surface area contributed by atoms with Gasteiger partial charge in [0.05, 0.1) is 6.54 Å². The average molecular weight is 448 g/mol. The predicted molar refractivity (Wildman–Crippen MR) is 105 cm³/mol. The minimum absolute atomic E-state index is 0. The molecule has 0 aromatic heterocycles. The summed E-state index contributed by atoms with van der Waals surface area (Å²) in [7, 11) is 0. The lowest BCUT2D eigenvalue weighted by Gasteiger charge is -2.16. The maximum absolute atomic E-state index is 13.4. The number of hydrogen-bond acceptors (Lipinski definition) is 2. The number of aliphatic imine (C=N–C) groups is 1. The van der Waals surface area contributed by atoms with E-state index in [1.165, 1.54) is 13.0 Å². The summed E-state index contributed by atoms with van der Waals surface area (Å²) in [6.07, 6.45) is 2.07. The second-order valence-electron chi connectivity index (χ2n) is 5.90. The Labute approximate surface area is 159 Å². The van der Waals surface area contributed by atoms with Crippen molar-refractivity contribution in [1.29, 1.82) is 0 Å². The fourth-order valence-electron chi connectivity index (χ4n) is 2.50. The summed E-state index contributed by atoms with van der Waals surface area (Å²) in [4.78, 5) is 15.5. The number of rotatable bonds is 7. The van der Waals surface area contributed by atoms with Crippen molar-refractivity contribution in [2.75, 3.05) is 26.2 Å². The molecule has 3 N–H and O–H groups in total. The number of nitrogens with one attached hydrogen (secondary N) is 3. The van der Waals surface area contributed by atoms with E-state index in [4.69, 9.17) is 0 Å². The van der Waals surface area contributed by atoms with E-state index in [1.807, 2.05) is 13.0 Å². The second kappa shape index (κ2) is 9.80. The van der Waals surface area contributed by atoms with Crippen molar-refractivity contribution in [3.8, 4) is 0 Å². The predicted octanol–water partition coefficient (Wildman–Crippen LogP) is 2.17. The molecule has 24 heavy (non-hydrogen) atoms. The largest absolute Gasteiger partial charge is 0.357 e. The zero-order valence-corrected chi connectivity index (χ0v) is 16.5. The zero-order chi connectivity index (χ0) is 16.7. The van der Waals surface area contributed by atoms with Gasteiger partial charge in [-0.2, -0.15) is 0 Å². The lowest BCUT2D eigenvalue weighted by molar-refractivity contribution is -0.118. The highest BCUT2D eigenvalue weighted by Gasteiger charge is 2.44. The van der Waals surface area contributed by atoms with Gasteiger partial charge in [-0.15, -0.1) is 24.0 Å². The Balaban J connectivity index is 0.00000288. The molecule has 0 saturated heterocycles. The Morgan fingerprint density at radius 3 is 2.54 bits per heavy atom. The minimum Gasteiger partial charge on any atom is -0.357 e. The minimum atomic E-state index is -0.196. The smallest absolute Gasteiger partial charge is 0.216 e. The molecule has 1 saturated carbocycles. The molecule has 1 aromatic carbocycles. The lowest BCUT2D eigenvalue weighted by atomic mass is 9.96. The van der Waals surface area contributed by atoms with Gasteiger partial charge in [0.1, 0.15) is 5.82 Å². The van der Waals surface area contributed by atoms with Gasteiger partial charge in [-0.1, -0.05) is 12.1 Å². The Bertz CT molecular complexity index is 575. The van der Waals surface area contributed by atoms with E-state index in [9.17, 15) is 9.18 Å². The number of nitrogens with zero attached hydrogens (tertiary/aromatic N) is 1. The van der Waals surface area contributed by atoms with Gasteiger partial charge in [0.2, 0.25) is 5.91 Å². The molecule has 0 unspecified atom stereocenters. The normalized spacial score (nSPS) is 15.2. The van der Waals surface area contributed by atoms with Crippen LogP contribution in [0.25, 0.3) is 0 Å². The van der Waals surface area contributed by atoms with Crippen LogP contribution in [0.15, 0.2) is 29.3 Å². The molecule has 1 aliphatic carbocycles. The molecule has 0 radical (unpaired) electrons. The first-order valence-electron chi connectivity index (χ1n) is 8.08. The van der Waals surface area contributed by atoms with Crippen molar-refractivity contribution in [2.45, 2.75) is 32.1 Å². The van der Waals surface area contributed by atoms with E-state index < -0.39 is 0 Å². The number of carbonyl (C=O) groups is 1. The fraction of sp³-hybridized carbons (Fsp3) is 0.529. The van der Waals surface area contributed by atoms with Gasteiger partial charge in [-0.3, -0.25) is 9.79 Å². The highest BCUT2D eigenvalue weighted by molar-refractivity contribution is 14.0. The molecule has 0 heterocycles. The van der Waals surface area contributed by atoms with Crippen molar-refractivity contribution >= 4 is 35.8 Å². The molecule has 0 bridgehead atoms. The third-order valence-corrected chi connectivity index (χ3v) is 3.97. The molecule has 134 valence electrons. The Morgan fingerprint density at radius 1 is 1.25 bits per heavy atom. The van der Waals surface area contributed by atoms with Gasteiger partial charge in [-0.25, -0.2) is 4.39 Å². The Hall–Kier alpha value is -1.38. The van der Waals surface area contributed by atoms with Gasteiger partial charge >= 0.3 is 0 Å². The maximum Gasteiger partial charge on any atom is 0.216 e. The summed E-state index contributed by atoms with van der Waals surface area (Å²) in [5.41, 5.74) is 0.998. The van der Waals surface area contributed by atoms with E-state index in [1.54, 1.807) is 12.1 Å². The van der Waals surface area contributed by atoms with E-state index in [0.29, 0.717) is 19.6 Å². The highest BCUT2D eigenvalue weighted by Crippen LogP contribution is 2.48. The van der Waals surface area contributed by atoms with Gasteiger partial charge in [0.15, 0.2) is 5.96 Å². The highest BCUT2D eigenvalue weighted by atomic mass is 127. The van der Waals surface area contributed by atoms with Gasteiger partial charge in [-0.05, 0) is 37.5 Å².